The molecule has 7 heteroatoms. The Balaban J connectivity index is 2.12. The zero-order chi connectivity index (χ0) is 18.6. The summed E-state index contributed by atoms with van der Waals surface area (Å²) in [4.78, 5) is 16.6. The van der Waals surface area contributed by atoms with Gasteiger partial charge in [-0.1, -0.05) is 32.9 Å². The first kappa shape index (κ1) is 19.7. The summed E-state index contributed by atoms with van der Waals surface area (Å²) in [6.07, 6.45) is 1.14. The number of sulfonamides is 1. The summed E-state index contributed by atoms with van der Waals surface area (Å²) in [7, 11) is -3.52. The molecule has 1 aliphatic heterocycles. The maximum atomic E-state index is 12.6. The molecule has 0 bridgehead atoms. The molecule has 0 aromatic heterocycles. The SMILES string of the molecule is CCN1CCN(C(=O)CN(c2ccc(C(C)C)cc2)S(C)(=O)=O)CC1. The van der Waals surface area contributed by atoms with Gasteiger partial charge in [0, 0.05) is 26.2 Å². The maximum Gasteiger partial charge on any atom is 0.243 e. The van der Waals surface area contributed by atoms with Gasteiger partial charge in [-0.25, -0.2) is 8.42 Å². The second kappa shape index (κ2) is 8.19. The molecule has 0 spiro atoms. The van der Waals surface area contributed by atoms with Crippen LogP contribution < -0.4 is 4.31 Å². The minimum absolute atomic E-state index is 0.144. The predicted octanol–water partition coefficient (Wildman–Crippen LogP) is 1.74. The third-order valence-electron chi connectivity index (χ3n) is 4.70. The molecule has 0 radical (unpaired) electrons. The molecule has 2 rings (SSSR count). The maximum absolute atomic E-state index is 12.6. The van der Waals surface area contributed by atoms with Crippen LogP contribution in [0.15, 0.2) is 24.3 Å². The lowest BCUT2D eigenvalue weighted by Crippen LogP contribution is -2.51. The van der Waals surface area contributed by atoms with Gasteiger partial charge in [0.1, 0.15) is 6.54 Å². The lowest BCUT2D eigenvalue weighted by atomic mass is 10.0. The van der Waals surface area contributed by atoms with E-state index < -0.39 is 10.0 Å². The van der Waals surface area contributed by atoms with Crippen molar-refractivity contribution in [3.05, 3.63) is 29.8 Å². The molecule has 1 amide bonds. The Bertz CT molecular complexity index is 678. The lowest BCUT2D eigenvalue weighted by Gasteiger charge is -2.35. The minimum Gasteiger partial charge on any atom is -0.339 e. The van der Waals surface area contributed by atoms with Crippen molar-refractivity contribution in [3.8, 4) is 0 Å². The molecule has 0 aliphatic carbocycles. The van der Waals surface area contributed by atoms with Gasteiger partial charge in [0.05, 0.1) is 11.9 Å². The Labute approximate surface area is 151 Å². The molecule has 1 aromatic carbocycles. The molecule has 0 unspecified atom stereocenters. The number of amides is 1. The highest BCUT2D eigenvalue weighted by atomic mass is 32.2. The van der Waals surface area contributed by atoms with Gasteiger partial charge < -0.3 is 9.80 Å². The number of carbonyl (C=O) groups is 1. The number of carbonyl (C=O) groups excluding carboxylic acids is 1. The predicted molar refractivity (Wildman–Crippen MR) is 101 cm³/mol. The lowest BCUT2D eigenvalue weighted by molar-refractivity contribution is -0.131. The quantitative estimate of drug-likeness (QED) is 0.768. The van der Waals surface area contributed by atoms with E-state index >= 15 is 0 Å². The first-order valence-corrected chi connectivity index (χ1v) is 10.6. The largest absolute Gasteiger partial charge is 0.339 e. The van der Waals surface area contributed by atoms with Crippen molar-refractivity contribution >= 4 is 21.6 Å². The number of benzene rings is 1. The smallest absolute Gasteiger partial charge is 0.243 e. The Kier molecular flexibility index (Phi) is 6.46. The number of rotatable bonds is 6. The molecule has 0 saturated carbocycles. The number of piperazine rings is 1. The third kappa shape index (κ3) is 5.19. The average Bonchev–Trinajstić information content (AvgIpc) is 2.58. The van der Waals surface area contributed by atoms with E-state index in [-0.39, 0.29) is 12.5 Å². The second-order valence-corrected chi connectivity index (χ2v) is 8.74. The normalized spacial score (nSPS) is 16.3. The van der Waals surface area contributed by atoms with E-state index in [0.717, 1.165) is 31.5 Å². The topological polar surface area (TPSA) is 60.9 Å². The van der Waals surface area contributed by atoms with Crippen molar-refractivity contribution < 1.29 is 13.2 Å². The minimum atomic E-state index is -3.52. The van der Waals surface area contributed by atoms with E-state index in [4.69, 9.17) is 0 Å². The van der Waals surface area contributed by atoms with Crippen LogP contribution >= 0.6 is 0 Å². The van der Waals surface area contributed by atoms with Crippen molar-refractivity contribution in [3.63, 3.8) is 0 Å². The van der Waals surface area contributed by atoms with Crippen LogP contribution in [0.4, 0.5) is 5.69 Å². The fourth-order valence-electron chi connectivity index (χ4n) is 2.96. The van der Waals surface area contributed by atoms with Gasteiger partial charge in [-0.2, -0.15) is 0 Å². The van der Waals surface area contributed by atoms with E-state index in [9.17, 15) is 13.2 Å². The molecule has 140 valence electrons. The molecular formula is C18H29N3O3S. The van der Waals surface area contributed by atoms with Crippen LogP contribution in [0.2, 0.25) is 0 Å². The third-order valence-corrected chi connectivity index (χ3v) is 5.84. The van der Waals surface area contributed by atoms with E-state index in [2.05, 4.69) is 25.7 Å². The van der Waals surface area contributed by atoms with Crippen LogP contribution in [-0.4, -0.2) is 69.6 Å². The van der Waals surface area contributed by atoms with Gasteiger partial charge >= 0.3 is 0 Å². The fraction of sp³-hybridized carbons (Fsp3) is 0.611. The number of hydrogen-bond donors (Lipinski definition) is 0. The van der Waals surface area contributed by atoms with Crippen LogP contribution in [0.25, 0.3) is 0 Å². The molecule has 6 nitrogen and oxygen atoms in total. The van der Waals surface area contributed by atoms with Crippen LogP contribution in [0.5, 0.6) is 0 Å². The monoisotopic (exact) mass is 367 g/mol. The summed E-state index contributed by atoms with van der Waals surface area (Å²) in [6.45, 7) is 10.1. The van der Waals surface area contributed by atoms with E-state index in [1.807, 2.05) is 12.1 Å². The van der Waals surface area contributed by atoms with Gasteiger partial charge in [0.15, 0.2) is 0 Å². The van der Waals surface area contributed by atoms with Crippen molar-refractivity contribution in [2.24, 2.45) is 0 Å². The molecule has 1 aliphatic rings. The molecule has 1 saturated heterocycles. The Morgan fingerprint density at radius 3 is 2.12 bits per heavy atom. The van der Waals surface area contributed by atoms with Gasteiger partial charge in [0.2, 0.25) is 15.9 Å². The van der Waals surface area contributed by atoms with Crippen LogP contribution in [-0.2, 0) is 14.8 Å². The van der Waals surface area contributed by atoms with Crippen LogP contribution in [0.1, 0.15) is 32.3 Å². The highest BCUT2D eigenvalue weighted by molar-refractivity contribution is 7.92. The van der Waals surface area contributed by atoms with Crippen molar-refractivity contribution in [2.45, 2.75) is 26.7 Å². The second-order valence-electron chi connectivity index (χ2n) is 6.83. The van der Waals surface area contributed by atoms with Gasteiger partial charge in [0.25, 0.3) is 0 Å². The van der Waals surface area contributed by atoms with Gasteiger partial charge in [-0.05, 0) is 30.2 Å². The Morgan fingerprint density at radius 1 is 1.12 bits per heavy atom. The zero-order valence-electron chi connectivity index (χ0n) is 15.6. The van der Waals surface area contributed by atoms with E-state index in [0.29, 0.717) is 24.7 Å². The highest BCUT2D eigenvalue weighted by Crippen LogP contribution is 2.22. The fourth-order valence-corrected chi connectivity index (χ4v) is 3.81. The summed E-state index contributed by atoms with van der Waals surface area (Å²) >= 11 is 0. The summed E-state index contributed by atoms with van der Waals surface area (Å²) < 4.78 is 25.6. The molecule has 1 aromatic rings. The Morgan fingerprint density at radius 2 is 1.68 bits per heavy atom. The van der Waals surface area contributed by atoms with E-state index in [1.165, 1.54) is 4.31 Å². The summed E-state index contributed by atoms with van der Waals surface area (Å²) in [5.74, 6) is 0.228. The Hall–Kier alpha value is -1.60. The van der Waals surface area contributed by atoms with Gasteiger partial charge in [-0.15, -0.1) is 0 Å². The van der Waals surface area contributed by atoms with Crippen molar-refractivity contribution in [2.75, 3.05) is 49.8 Å². The van der Waals surface area contributed by atoms with Crippen LogP contribution in [0.3, 0.4) is 0 Å². The number of hydrogen-bond acceptors (Lipinski definition) is 4. The average molecular weight is 368 g/mol. The number of nitrogens with zero attached hydrogens (tertiary/aromatic N) is 3. The first-order chi connectivity index (χ1) is 11.7. The van der Waals surface area contributed by atoms with Crippen molar-refractivity contribution in [1.82, 2.24) is 9.80 Å². The zero-order valence-corrected chi connectivity index (χ0v) is 16.4. The molecule has 0 N–H and O–H groups in total. The molecule has 1 fully saturated rings. The van der Waals surface area contributed by atoms with Crippen LogP contribution in [0, 0.1) is 0 Å². The van der Waals surface area contributed by atoms with Crippen molar-refractivity contribution in [1.29, 1.82) is 0 Å². The van der Waals surface area contributed by atoms with E-state index in [1.54, 1.807) is 17.0 Å². The number of likely N-dealkylation sites (N-methyl/N-ethyl adjacent to an activating group) is 1. The molecule has 1 heterocycles. The first-order valence-electron chi connectivity index (χ1n) is 8.80. The summed E-state index contributed by atoms with van der Waals surface area (Å²) in [6, 6.07) is 7.39. The summed E-state index contributed by atoms with van der Waals surface area (Å²) in [5, 5.41) is 0. The standard InChI is InChI=1S/C18H29N3O3S/c1-5-19-10-12-20(13-11-19)18(22)14-21(25(4,23)24)17-8-6-16(7-9-17)15(2)3/h6-9,15H,5,10-14H2,1-4H3. The molecule has 25 heavy (non-hydrogen) atoms. The number of anilines is 1. The van der Waals surface area contributed by atoms with Gasteiger partial charge in [-0.3, -0.25) is 9.10 Å². The molecule has 0 atom stereocenters. The summed E-state index contributed by atoms with van der Waals surface area (Å²) in [5.41, 5.74) is 1.67. The highest BCUT2D eigenvalue weighted by Gasteiger charge is 2.26. The molecular weight excluding hydrogens is 338 g/mol.